The molecule has 0 saturated carbocycles. The molecule has 19 heavy (non-hydrogen) atoms. The summed E-state index contributed by atoms with van der Waals surface area (Å²) in [5.41, 5.74) is 7.05. The van der Waals surface area contributed by atoms with Crippen LogP contribution >= 0.6 is 0 Å². The molecule has 0 bridgehead atoms. The molecule has 2 N–H and O–H groups in total. The first kappa shape index (κ1) is 14.3. The van der Waals surface area contributed by atoms with Crippen LogP contribution in [0.25, 0.3) is 0 Å². The van der Waals surface area contributed by atoms with E-state index in [4.69, 9.17) is 10.5 Å². The SMILES string of the molecule is COC1CCCN(S(=O)(=O)c2cc(C)cc(N)c2)C1. The topological polar surface area (TPSA) is 72.6 Å². The van der Waals surface area contributed by atoms with E-state index in [2.05, 4.69) is 0 Å². The minimum absolute atomic E-state index is 0.0225. The van der Waals surface area contributed by atoms with Crippen molar-refractivity contribution in [1.82, 2.24) is 4.31 Å². The van der Waals surface area contributed by atoms with E-state index >= 15 is 0 Å². The predicted molar refractivity (Wildman–Crippen MR) is 74.4 cm³/mol. The van der Waals surface area contributed by atoms with Crippen molar-refractivity contribution < 1.29 is 13.2 Å². The van der Waals surface area contributed by atoms with Crippen molar-refractivity contribution in [3.63, 3.8) is 0 Å². The minimum Gasteiger partial charge on any atom is -0.399 e. The summed E-state index contributed by atoms with van der Waals surface area (Å²) < 4.78 is 31.9. The number of anilines is 1. The van der Waals surface area contributed by atoms with Crippen molar-refractivity contribution in [2.75, 3.05) is 25.9 Å². The summed E-state index contributed by atoms with van der Waals surface area (Å²) >= 11 is 0. The Morgan fingerprint density at radius 1 is 1.37 bits per heavy atom. The van der Waals surface area contributed by atoms with Gasteiger partial charge in [-0.25, -0.2) is 8.42 Å². The van der Waals surface area contributed by atoms with Crippen LogP contribution in [0.15, 0.2) is 23.1 Å². The van der Waals surface area contributed by atoms with Crippen molar-refractivity contribution in [2.45, 2.75) is 30.8 Å². The monoisotopic (exact) mass is 284 g/mol. The Hall–Kier alpha value is -1.11. The molecule has 0 amide bonds. The lowest BCUT2D eigenvalue weighted by molar-refractivity contribution is 0.0572. The second-order valence-electron chi connectivity index (χ2n) is 4.94. The molecule has 2 rings (SSSR count). The number of piperidine rings is 1. The van der Waals surface area contributed by atoms with E-state index in [1.54, 1.807) is 19.2 Å². The number of rotatable bonds is 3. The molecule has 1 atom stereocenters. The molecule has 1 saturated heterocycles. The van der Waals surface area contributed by atoms with E-state index in [-0.39, 0.29) is 11.0 Å². The van der Waals surface area contributed by atoms with Gasteiger partial charge in [-0.05, 0) is 43.5 Å². The molecule has 5 nitrogen and oxygen atoms in total. The predicted octanol–water partition coefficient (Wildman–Crippen LogP) is 1.38. The first-order chi connectivity index (χ1) is 8.93. The summed E-state index contributed by atoms with van der Waals surface area (Å²) in [5, 5.41) is 0. The van der Waals surface area contributed by atoms with Gasteiger partial charge in [-0.1, -0.05) is 0 Å². The molecule has 1 heterocycles. The summed E-state index contributed by atoms with van der Waals surface area (Å²) in [6.45, 7) is 2.78. The average Bonchev–Trinajstić information content (AvgIpc) is 2.37. The maximum atomic E-state index is 12.6. The smallest absolute Gasteiger partial charge is 0.243 e. The van der Waals surface area contributed by atoms with Crippen LogP contribution in [0.1, 0.15) is 18.4 Å². The quantitative estimate of drug-likeness (QED) is 0.851. The molecule has 0 aromatic heterocycles. The molecule has 1 unspecified atom stereocenters. The summed E-state index contributed by atoms with van der Waals surface area (Å²) in [5.74, 6) is 0. The fourth-order valence-corrected chi connectivity index (χ4v) is 4.04. The Balaban J connectivity index is 2.31. The standard InChI is InChI=1S/C13H20N2O3S/c1-10-6-11(14)8-13(7-10)19(16,17)15-5-3-4-12(9-15)18-2/h6-8,12H,3-5,9,14H2,1-2H3. The third-order valence-electron chi connectivity index (χ3n) is 3.39. The summed E-state index contributed by atoms with van der Waals surface area (Å²) in [7, 11) is -1.86. The molecule has 1 aliphatic rings. The van der Waals surface area contributed by atoms with Crippen LogP contribution in [0.4, 0.5) is 5.69 Å². The van der Waals surface area contributed by atoms with Gasteiger partial charge in [0.05, 0.1) is 11.0 Å². The van der Waals surface area contributed by atoms with E-state index in [1.165, 1.54) is 10.4 Å². The number of hydrogen-bond donors (Lipinski definition) is 1. The Kier molecular flexibility index (Phi) is 4.13. The van der Waals surface area contributed by atoms with Gasteiger partial charge in [0.2, 0.25) is 10.0 Å². The Morgan fingerprint density at radius 2 is 2.11 bits per heavy atom. The highest BCUT2D eigenvalue weighted by atomic mass is 32.2. The zero-order valence-electron chi connectivity index (χ0n) is 11.3. The molecule has 0 aliphatic carbocycles. The van der Waals surface area contributed by atoms with Crippen molar-refractivity contribution in [3.05, 3.63) is 23.8 Å². The number of sulfonamides is 1. The van der Waals surface area contributed by atoms with Crippen molar-refractivity contribution in [2.24, 2.45) is 0 Å². The molecule has 0 spiro atoms. The van der Waals surface area contributed by atoms with Crippen LogP contribution < -0.4 is 5.73 Å². The van der Waals surface area contributed by atoms with Crippen molar-refractivity contribution >= 4 is 15.7 Å². The maximum Gasteiger partial charge on any atom is 0.243 e. The van der Waals surface area contributed by atoms with Gasteiger partial charge < -0.3 is 10.5 Å². The highest BCUT2D eigenvalue weighted by Crippen LogP contribution is 2.24. The number of hydrogen-bond acceptors (Lipinski definition) is 4. The number of nitrogens with two attached hydrogens (primary N) is 1. The summed E-state index contributed by atoms with van der Waals surface area (Å²) in [4.78, 5) is 0.266. The first-order valence-electron chi connectivity index (χ1n) is 6.33. The fourth-order valence-electron chi connectivity index (χ4n) is 2.39. The van der Waals surface area contributed by atoms with Gasteiger partial charge in [-0.15, -0.1) is 0 Å². The molecular weight excluding hydrogens is 264 g/mol. The van der Waals surface area contributed by atoms with E-state index in [0.29, 0.717) is 18.8 Å². The van der Waals surface area contributed by atoms with E-state index < -0.39 is 10.0 Å². The average molecular weight is 284 g/mol. The van der Waals surface area contributed by atoms with E-state index in [9.17, 15) is 8.42 Å². The molecule has 106 valence electrons. The zero-order chi connectivity index (χ0) is 14.0. The molecule has 1 aliphatic heterocycles. The minimum atomic E-state index is -3.48. The molecule has 1 aromatic rings. The molecule has 0 radical (unpaired) electrons. The number of ether oxygens (including phenoxy) is 1. The van der Waals surface area contributed by atoms with Crippen molar-refractivity contribution in [1.29, 1.82) is 0 Å². The second-order valence-corrected chi connectivity index (χ2v) is 6.88. The highest BCUT2D eigenvalue weighted by Gasteiger charge is 2.30. The van der Waals surface area contributed by atoms with Crippen LogP contribution in [-0.2, 0) is 14.8 Å². The number of nitrogen functional groups attached to an aromatic ring is 1. The molecule has 1 aromatic carbocycles. The summed E-state index contributed by atoms with van der Waals surface area (Å²) in [6, 6.07) is 4.92. The largest absolute Gasteiger partial charge is 0.399 e. The van der Waals surface area contributed by atoms with Gasteiger partial charge in [0.25, 0.3) is 0 Å². The lowest BCUT2D eigenvalue weighted by Crippen LogP contribution is -2.42. The first-order valence-corrected chi connectivity index (χ1v) is 7.77. The lowest BCUT2D eigenvalue weighted by Gasteiger charge is -2.31. The van der Waals surface area contributed by atoms with Gasteiger partial charge in [-0.3, -0.25) is 0 Å². The fraction of sp³-hybridized carbons (Fsp3) is 0.538. The van der Waals surface area contributed by atoms with Crippen LogP contribution in [-0.4, -0.2) is 39.0 Å². The van der Waals surface area contributed by atoms with Crippen LogP contribution in [0, 0.1) is 6.92 Å². The Bertz CT molecular complexity index is 537. The van der Waals surface area contributed by atoms with Crippen LogP contribution in [0.2, 0.25) is 0 Å². The Labute approximate surface area is 114 Å². The summed E-state index contributed by atoms with van der Waals surface area (Å²) in [6.07, 6.45) is 1.70. The normalized spacial score (nSPS) is 21.5. The number of nitrogens with zero attached hydrogens (tertiary/aromatic N) is 1. The molecule has 6 heteroatoms. The lowest BCUT2D eigenvalue weighted by atomic mass is 10.1. The van der Waals surface area contributed by atoms with Crippen LogP contribution in [0.3, 0.4) is 0 Å². The number of methoxy groups -OCH3 is 1. The van der Waals surface area contributed by atoms with Gasteiger partial charge >= 0.3 is 0 Å². The molecular formula is C13H20N2O3S. The maximum absolute atomic E-state index is 12.6. The molecule has 1 fully saturated rings. The number of benzene rings is 1. The van der Waals surface area contributed by atoms with Crippen molar-refractivity contribution in [3.8, 4) is 0 Å². The zero-order valence-corrected chi connectivity index (χ0v) is 12.1. The van der Waals surface area contributed by atoms with E-state index in [0.717, 1.165) is 18.4 Å². The van der Waals surface area contributed by atoms with Gasteiger partial charge in [-0.2, -0.15) is 4.31 Å². The van der Waals surface area contributed by atoms with Gasteiger partial charge in [0.15, 0.2) is 0 Å². The second kappa shape index (κ2) is 5.48. The Morgan fingerprint density at radius 3 is 2.74 bits per heavy atom. The van der Waals surface area contributed by atoms with Gasteiger partial charge in [0, 0.05) is 25.9 Å². The van der Waals surface area contributed by atoms with E-state index in [1.807, 2.05) is 6.92 Å². The van der Waals surface area contributed by atoms with Crippen LogP contribution in [0.5, 0.6) is 0 Å². The third-order valence-corrected chi connectivity index (χ3v) is 5.23. The van der Waals surface area contributed by atoms with Gasteiger partial charge in [0.1, 0.15) is 0 Å². The third kappa shape index (κ3) is 3.08. The highest BCUT2D eigenvalue weighted by molar-refractivity contribution is 7.89. The number of aryl methyl sites for hydroxylation is 1.